The van der Waals surface area contributed by atoms with E-state index < -0.39 is 28.5 Å². The maximum absolute atomic E-state index is 11.5. The highest BCUT2D eigenvalue weighted by Crippen LogP contribution is 2.19. The molecule has 1 aromatic rings. The minimum atomic E-state index is -3.90. The number of rotatable bonds is 5. The maximum Gasteiger partial charge on any atom is 0.348 e. The molecule has 0 saturated heterocycles. The first-order valence-electron chi connectivity index (χ1n) is 4.25. The number of carboxylic acid groups (broad SMARTS) is 1. The standard InChI is InChI=1S/C8H9NO6S2/c1-15-8(12)6-2-5(4-16-6)17(13,14)9-3-7(10)11/h2,4,9H,3H2,1H3,(H,10,11). The summed E-state index contributed by atoms with van der Waals surface area (Å²) in [6, 6.07) is 1.13. The van der Waals surface area contributed by atoms with Crippen LogP contribution < -0.4 is 4.72 Å². The zero-order chi connectivity index (χ0) is 13.1. The molecule has 0 aliphatic heterocycles. The van der Waals surface area contributed by atoms with Gasteiger partial charge in [-0.05, 0) is 6.07 Å². The number of carbonyl (C=O) groups excluding carboxylic acids is 1. The summed E-state index contributed by atoms with van der Waals surface area (Å²) < 4.78 is 29.4. The quantitative estimate of drug-likeness (QED) is 0.728. The van der Waals surface area contributed by atoms with Crippen LogP contribution >= 0.6 is 11.3 Å². The summed E-state index contributed by atoms with van der Waals surface area (Å²) >= 11 is 0.902. The van der Waals surface area contributed by atoms with Gasteiger partial charge < -0.3 is 9.84 Å². The van der Waals surface area contributed by atoms with Crippen LogP contribution in [0, 0.1) is 0 Å². The number of hydrogen-bond donors (Lipinski definition) is 2. The number of methoxy groups -OCH3 is 1. The van der Waals surface area contributed by atoms with Gasteiger partial charge in [0.15, 0.2) is 0 Å². The summed E-state index contributed by atoms with van der Waals surface area (Å²) in [4.78, 5) is 21.3. The van der Waals surface area contributed by atoms with Gasteiger partial charge >= 0.3 is 11.9 Å². The molecule has 0 radical (unpaired) electrons. The Morgan fingerprint density at radius 3 is 2.71 bits per heavy atom. The largest absolute Gasteiger partial charge is 0.480 e. The van der Waals surface area contributed by atoms with E-state index in [1.165, 1.54) is 12.5 Å². The van der Waals surface area contributed by atoms with Crippen LogP contribution in [0.4, 0.5) is 0 Å². The van der Waals surface area contributed by atoms with Crippen molar-refractivity contribution in [3.63, 3.8) is 0 Å². The van der Waals surface area contributed by atoms with E-state index in [-0.39, 0.29) is 9.77 Å². The summed E-state index contributed by atoms with van der Waals surface area (Å²) in [6.45, 7) is -0.717. The van der Waals surface area contributed by atoms with E-state index in [2.05, 4.69) is 4.74 Å². The van der Waals surface area contributed by atoms with Gasteiger partial charge in [-0.2, -0.15) is 4.72 Å². The van der Waals surface area contributed by atoms with Gasteiger partial charge in [0.1, 0.15) is 11.4 Å². The normalized spacial score (nSPS) is 11.1. The Bertz CT molecular complexity index is 532. The molecule has 0 aromatic carbocycles. The summed E-state index contributed by atoms with van der Waals surface area (Å²) in [5, 5.41) is 9.59. The van der Waals surface area contributed by atoms with Crippen LogP contribution in [0.2, 0.25) is 0 Å². The second-order valence-corrected chi connectivity index (χ2v) is 5.53. The Balaban J connectivity index is 2.89. The molecule has 0 aliphatic carbocycles. The van der Waals surface area contributed by atoms with Crippen molar-refractivity contribution in [3.8, 4) is 0 Å². The first-order valence-corrected chi connectivity index (χ1v) is 6.61. The molecule has 0 aliphatic rings. The maximum atomic E-state index is 11.5. The van der Waals surface area contributed by atoms with Crippen LogP contribution in [0.25, 0.3) is 0 Å². The van der Waals surface area contributed by atoms with E-state index in [1.54, 1.807) is 0 Å². The first kappa shape index (κ1) is 13.6. The van der Waals surface area contributed by atoms with E-state index in [1.807, 2.05) is 4.72 Å². The third-order valence-corrected chi connectivity index (χ3v) is 4.13. The van der Waals surface area contributed by atoms with Crippen molar-refractivity contribution < 1.29 is 27.9 Å². The molecular formula is C8H9NO6S2. The van der Waals surface area contributed by atoms with Crippen LogP contribution in [0.3, 0.4) is 0 Å². The molecular weight excluding hydrogens is 270 g/mol. The number of esters is 1. The van der Waals surface area contributed by atoms with Gasteiger partial charge in [-0.3, -0.25) is 4.79 Å². The number of thiophene rings is 1. The predicted molar refractivity (Wildman–Crippen MR) is 58.5 cm³/mol. The van der Waals surface area contributed by atoms with Crippen molar-refractivity contribution >= 4 is 33.3 Å². The van der Waals surface area contributed by atoms with Gasteiger partial charge in [0.2, 0.25) is 10.0 Å². The summed E-state index contributed by atoms with van der Waals surface area (Å²) in [5.41, 5.74) is 0. The van der Waals surface area contributed by atoms with Crippen molar-refractivity contribution in [2.75, 3.05) is 13.7 Å². The Kier molecular flexibility index (Phi) is 4.21. The van der Waals surface area contributed by atoms with Crippen LogP contribution in [0.15, 0.2) is 16.3 Å². The number of carboxylic acids is 1. The molecule has 7 nitrogen and oxygen atoms in total. The Morgan fingerprint density at radius 2 is 2.18 bits per heavy atom. The molecule has 0 fully saturated rings. The van der Waals surface area contributed by atoms with Crippen molar-refractivity contribution in [1.29, 1.82) is 0 Å². The van der Waals surface area contributed by atoms with Crippen molar-refractivity contribution in [3.05, 3.63) is 16.3 Å². The second kappa shape index (κ2) is 5.25. The smallest absolute Gasteiger partial charge is 0.348 e. The fraction of sp³-hybridized carbons (Fsp3) is 0.250. The van der Waals surface area contributed by atoms with Crippen LogP contribution in [0.1, 0.15) is 9.67 Å². The lowest BCUT2D eigenvalue weighted by molar-refractivity contribution is -0.135. The molecule has 0 atom stereocenters. The molecule has 0 spiro atoms. The summed E-state index contributed by atoms with van der Waals surface area (Å²) in [5.74, 6) is -1.94. The van der Waals surface area contributed by atoms with Crippen molar-refractivity contribution in [2.24, 2.45) is 0 Å². The molecule has 0 bridgehead atoms. The molecule has 0 amide bonds. The fourth-order valence-electron chi connectivity index (χ4n) is 0.907. The Morgan fingerprint density at radius 1 is 1.53 bits per heavy atom. The number of hydrogen-bond acceptors (Lipinski definition) is 6. The monoisotopic (exact) mass is 279 g/mol. The lowest BCUT2D eigenvalue weighted by Crippen LogP contribution is -2.29. The molecule has 0 unspecified atom stereocenters. The molecule has 0 saturated carbocycles. The molecule has 1 aromatic heterocycles. The highest BCUT2D eigenvalue weighted by Gasteiger charge is 2.19. The minimum Gasteiger partial charge on any atom is -0.480 e. The average Bonchev–Trinajstić information content (AvgIpc) is 2.75. The molecule has 94 valence electrons. The fourth-order valence-corrected chi connectivity index (χ4v) is 3.07. The number of aliphatic carboxylic acids is 1. The first-order chi connectivity index (χ1) is 7.86. The minimum absolute atomic E-state index is 0.128. The molecule has 17 heavy (non-hydrogen) atoms. The zero-order valence-corrected chi connectivity index (χ0v) is 10.3. The van der Waals surface area contributed by atoms with Gasteiger partial charge in [0.25, 0.3) is 0 Å². The molecule has 9 heteroatoms. The molecule has 1 rings (SSSR count). The third kappa shape index (κ3) is 3.51. The van der Waals surface area contributed by atoms with Crippen LogP contribution in [0.5, 0.6) is 0 Å². The highest BCUT2D eigenvalue weighted by atomic mass is 32.2. The summed E-state index contributed by atoms with van der Waals surface area (Å²) in [7, 11) is -2.72. The highest BCUT2D eigenvalue weighted by molar-refractivity contribution is 7.89. The average molecular weight is 279 g/mol. The van der Waals surface area contributed by atoms with Crippen LogP contribution in [-0.2, 0) is 19.6 Å². The lowest BCUT2D eigenvalue weighted by atomic mass is 10.5. The van der Waals surface area contributed by atoms with Crippen LogP contribution in [-0.4, -0.2) is 39.1 Å². The summed E-state index contributed by atoms with van der Waals surface area (Å²) in [6.07, 6.45) is 0. The van der Waals surface area contributed by atoms with Gasteiger partial charge in [0, 0.05) is 5.38 Å². The SMILES string of the molecule is COC(=O)c1cc(S(=O)(=O)NCC(=O)O)cs1. The zero-order valence-electron chi connectivity index (χ0n) is 8.67. The lowest BCUT2D eigenvalue weighted by Gasteiger charge is -2.00. The van der Waals surface area contributed by atoms with Gasteiger partial charge in [-0.15, -0.1) is 11.3 Å². The van der Waals surface area contributed by atoms with Gasteiger partial charge in [-0.1, -0.05) is 0 Å². The second-order valence-electron chi connectivity index (χ2n) is 2.86. The van der Waals surface area contributed by atoms with E-state index in [0.717, 1.165) is 17.4 Å². The third-order valence-electron chi connectivity index (χ3n) is 1.69. The van der Waals surface area contributed by atoms with Gasteiger partial charge in [-0.25, -0.2) is 13.2 Å². The molecule has 1 heterocycles. The molecule has 2 N–H and O–H groups in total. The number of carbonyl (C=O) groups is 2. The van der Waals surface area contributed by atoms with E-state index in [4.69, 9.17) is 5.11 Å². The van der Waals surface area contributed by atoms with Crippen molar-refractivity contribution in [2.45, 2.75) is 4.90 Å². The number of ether oxygens (including phenoxy) is 1. The number of nitrogens with one attached hydrogen (secondary N) is 1. The van der Waals surface area contributed by atoms with E-state index in [0.29, 0.717) is 0 Å². The van der Waals surface area contributed by atoms with Crippen molar-refractivity contribution in [1.82, 2.24) is 4.72 Å². The Hall–Kier alpha value is -1.45. The number of sulfonamides is 1. The van der Waals surface area contributed by atoms with Gasteiger partial charge in [0.05, 0.1) is 12.0 Å². The van der Waals surface area contributed by atoms with E-state index in [9.17, 15) is 18.0 Å². The topological polar surface area (TPSA) is 110 Å². The van der Waals surface area contributed by atoms with E-state index >= 15 is 0 Å². The predicted octanol–water partition coefficient (Wildman–Crippen LogP) is -0.102. The Labute approximate surface area is 101 Å².